The highest BCUT2D eigenvalue weighted by molar-refractivity contribution is 6.06. The van der Waals surface area contributed by atoms with Crippen molar-refractivity contribution in [2.75, 3.05) is 23.4 Å². The van der Waals surface area contributed by atoms with Crippen molar-refractivity contribution in [2.24, 2.45) is 0 Å². The molecule has 0 saturated carbocycles. The van der Waals surface area contributed by atoms with Crippen LogP contribution in [-0.4, -0.2) is 35.9 Å². The van der Waals surface area contributed by atoms with Crippen LogP contribution in [0.4, 0.5) is 11.4 Å². The van der Waals surface area contributed by atoms with Gasteiger partial charge in [-0.05, 0) is 43.5 Å². The molecule has 7 heteroatoms. The Morgan fingerprint density at radius 1 is 1.12 bits per heavy atom. The summed E-state index contributed by atoms with van der Waals surface area (Å²) in [6, 6.07) is 14.5. The van der Waals surface area contributed by atoms with Gasteiger partial charge in [-0.2, -0.15) is 0 Å². The highest BCUT2D eigenvalue weighted by Crippen LogP contribution is 2.29. The summed E-state index contributed by atoms with van der Waals surface area (Å²) in [5.74, 6) is -0.997. The molecular formula is C25H25N3O4. The SMILES string of the molecule is CCc1nc2ccccc2c(C(=O)OCC(=O)Nc2ccccc2N2CCCC2=O)c1C. The second kappa shape index (κ2) is 9.18. The minimum absolute atomic E-state index is 0.0323. The minimum Gasteiger partial charge on any atom is -0.452 e. The molecule has 0 aliphatic carbocycles. The minimum atomic E-state index is -0.561. The van der Waals surface area contributed by atoms with Crippen molar-refractivity contribution in [3.63, 3.8) is 0 Å². The molecule has 1 aromatic heterocycles. The number of nitrogens with one attached hydrogen (secondary N) is 1. The van der Waals surface area contributed by atoms with Gasteiger partial charge in [-0.15, -0.1) is 0 Å². The molecule has 0 bridgehead atoms. The van der Waals surface area contributed by atoms with E-state index in [9.17, 15) is 14.4 Å². The van der Waals surface area contributed by atoms with E-state index in [4.69, 9.17) is 4.74 Å². The number of hydrogen-bond acceptors (Lipinski definition) is 5. The largest absolute Gasteiger partial charge is 0.452 e. The van der Waals surface area contributed by atoms with Crippen LogP contribution in [0.2, 0.25) is 0 Å². The molecule has 32 heavy (non-hydrogen) atoms. The van der Waals surface area contributed by atoms with Gasteiger partial charge < -0.3 is 15.0 Å². The Morgan fingerprint density at radius 2 is 1.88 bits per heavy atom. The summed E-state index contributed by atoms with van der Waals surface area (Å²) in [5.41, 5.74) is 3.90. The first-order chi connectivity index (χ1) is 15.5. The molecule has 1 saturated heterocycles. The van der Waals surface area contributed by atoms with Gasteiger partial charge in [0.15, 0.2) is 6.61 Å². The zero-order chi connectivity index (χ0) is 22.7. The molecule has 2 heterocycles. The van der Waals surface area contributed by atoms with Crippen LogP contribution in [-0.2, 0) is 20.7 Å². The van der Waals surface area contributed by atoms with Crippen molar-refractivity contribution in [2.45, 2.75) is 33.1 Å². The van der Waals surface area contributed by atoms with E-state index in [0.717, 1.165) is 23.2 Å². The lowest BCUT2D eigenvalue weighted by Crippen LogP contribution is -2.27. The molecule has 7 nitrogen and oxygen atoms in total. The number of fused-ring (bicyclic) bond motifs is 1. The van der Waals surface area contributed by atoms with Crippen LogP contribution in [0, 0.1) is 6.92 Å². The molecule has 0 atom stereocenters. The molecule has 164 valence electrons. The van der Waals surface area contributed by atoms with Gasteiger partial charge in [0.2, 0.25) is 5.91 Å². The smallest absolute Gasteiger partial charge is 0.339 e. The number of aryl methyl sites for hydroxylation is 1. The zero-order valence-electron chi connectivity index (χ0n) is 18.2. The molecule has 2 aromatic carbocycles. The molecule has 1 fully saturated rings. The Bertz CT molecular complexity index is 1210. The van der Waals surface area contributed by atoms with Crippen molar-refractivity contribution >= 4 is 40.1 Å². The van der Waals surface area contributed by atoms with Crippen LogP contribution in [0.15, 0.2) is 48.5 Å². The molecule has 1 N–H and O–H groups in total. The number of nitrogens with zero attached hydrogens (tertiary/aromatic N) is 2. The summed E-state index contributed by atoms with van der Waals surface area (Å²) in [7, 11) is 0. The maximum atomic E-state index is 12.9. The molecule has 0 unspecified atom stereocenters. The fraction of sp³-hybridized carbons (Fsp3) is 0.280. The first-order valence-electron chi connectivity index (χ1n) is 10.7. The van der Waals surface area contributed by atoms with E-state index in [2.05, 4.69) is 10.3 Å². The number of aromatic nitrogens is 1. The quantitative estimate of drug-likeness (QED) is 0.596. The number of anilines is 2. The van der Waals surface area contributed by atoms with Crippen molar-refractivity contribution < 1.29 is 19.1 Å². The van der Waals surface area contributed by atoms with Gasteiger partial charge in [-0.3, -0.25) is 14.6 Å². The average Bonchev–Trinajstić information content (AvgIpc) is 3.23. The number of para-hydroxylation sites is 3. The van der Waals surface area contributed by atoms with Crippen LogP contribution >= 0.6 is 0 Å². The predicted octanol–water partition coefficient (Wildman–Crippen LogP) is 4.03. The van der Waals surface area contributed by atoms with Crippen molar-refractivity contribution in [3.8, 4) is 0 Å². The number of esters is 1. The highest BCUT2D eigenvalue weighted by atomic mass is 16.5. The summed E-state index contributed by atoms with van der Waals surface area (Å²) < 4.78 is 5.38. The highest BCUT2D eigenvalue weighted by Gasteiger charge is 2.24. The number of carbonyl (C=O) groups excluding carboxylic acids is 3. The van der Waals surface area contributed by atoms with Crippen LogP contribution in [0.3, 0.4) is 0 Å². The normalized spacial score (nSPS) is 13.4. The van der Waals surface area contributed by atoms with Crippen molar-refractivity contribution in [3.05, 3.63) is 65.4 Å². The average molecular weight is 431 g/mol. The van der Waals surface area contributed by atoms with E-state index in [-0.39, 0.29) is 5.91 Å². The Labute approximate surface area is 186 Å². The lowest BCUT2D eigenvalue weighted by atomic mass is 10.0. The van der Waals surface area contributed by atoms with Crippen LogP contribution in [0.5, 0.6) is 0 Å². The third-order valence-corrected chi connectivity index (χ3v) is 5.65. The summed E-state index contributed by atoms with van der Waals surface area (Å²) in [6.45, 7) is 4.01. The maximum absolute atomic E-state index is 12.9. The Balaban J connectivity index is 1.50. The first-order valence-corrected chi connectivity index (χ1v) is 10.7. The van der Waals surface area contributed by atoms with Crippen LogP contribution < -0.4 is 10.2 Å². The van der Waals surface area contributed by atoms with Gasteiger partial charge in [-0.1, -0.05) is 37.3 Å². The number of hydrogen-bond donors (Lipinski definition) is 1. The summed E-state index contributed by atoms with van der Waals surface area (Å²) in [6.07, 6.45) is 1.97. The van der Waals surface area contributed by atoms with E-state index in [1.54, 1.807) is 23.1 Å². The number of benzene rings is 2. The molecule has 1 aliphatic rings. The predicted molar refractivity (Wildman–Crippen MR) is 123 cm³/mol. The maximum Gasteiger partial charge on any atom is 0.339 e. The molecule has 3 aromatic rings. The van der Waals surface area contributed by atoms with E-state index in [1.807, 2.05) is 44.2 Å². The second-order valence-electron chi connectivity index (χ2n) is 7.72. The van der Waals surface area contributed by atoms with Gasteiger partial charge in [0.1, 0.15) is 0 Å². The van der Waals surface area contributed by atoms with E-state index in [0.29, 0.717) is 41.7 Å². The summed E-state index contributed by atoms with van der Waals surface area (Å²) in [5, 5.41) is 3.47. The Kier molecular flexibility index (Phi) is 6.16. The number of ether oxygens (including phenoxy) is 1. The fourth-order valence-electron chi connectivity index (χ4n) is 4.07. The lowest BCUT2D eigenvalue weighted by Gasteiger charge is -2.20. The second-order valence-corrected chi connectivity index (χ2v) is 7.72. The molecule has 1 aliphatic heterocycles. The Morgan fingerprint density at radius 3 is 2.62 bits per heavy atom. The van der Waals surface area contributed by atoms with Crippen molar-refractivity contribution in [1.82, 2.24) is 4.98 Å². The van der Waals surface area contributed by atoms with Gasteiger partial charge >= 0.3 is 5.97 Å². The number of rotatable bonds is 6. The van der Waals surface area contributed by atoms with E-state index in [1.165, 1.54) is 0 Å². The summed E-state index contributed by atoms with van der Waals surface area (Å²) >= 11 is 0. The number of carbonyl (C=O) groups is 3. The van der Waals surface area contributed by atoms with Crippen LogP contribution in [0.1, 0.15) is 41.4 Å². The third kappa shape index (κ3) is 4.19. The fourth-order valence-corrected chi connectivity index (χ4v) is 4.07. The number of pyridine rings is 1. The van der Waals surface area contributed by atoms with E-state index >= 15 is 0 Å². The standard InChI is InChI=1S/C25H25N3O4/c1-3-18-16(2)24(17-9-4-5-10-19(17)26-18)25(31)32-15-22(29)27-20-11-6-7-12-21(20)28-14-8-13-23(28)30/h4-7,9-12H,3,8,13-15H2,1-2H3,(H,27,29). The van der Waals surface area contributed by atoms with Crippen LogP contribution in [0.25, 0.3) is 10.9 Å². The van der Waals surface area contributed by atoms with E-state index < -0.39 is 18.5 Å². The summed E-state index contributed by atoms with van der Waals surface area (Å²) in [4.78, 5) is 43.9. The number of amides is 2. The Hall–Kier alpha value is -3.74. The van der Waals surface area contributed by atoms with Crippen molar-refractivity contribution in [1.29, 1.82) is 0 Å². The molecule has 4 rings (SSSR count). The molecule has 0 radical (unpaired) electrons. The van der Waals surface area contributed by atoms with Gasteiger partial charge in [0.25, 0.3) is 5.91 Å². The van der Waals surface area contributed by atoms with Gasteiger partial charge in [-0.25, -0.2) is 4.79 Å². The molecule has 0 spiro atoms. The topological polar surface area (TPSA) is 88.6 Å². The van der Waals surface area contributed by atoms with Gasteiger partial charge in [0, 0.05) is 24.0 Å². The third-order valence-electron chi connectivity index (χ3n) is 5.65. The first kappa shape index (κ1) is 21.5. The zero-order valence-corrected chi connectivity index (χ0v) is 18.2. The lowest BCUT2D eigenvalue weighted by molar-refractivity contribution is -0.119. The molecule has 2 amide bonds. The molecular weight excluding hydrogens is 406 g/mol. The monoisotopic (exact) mass is 431 g/mol. The van der Waals surface area contributed by atoms with Gasteiger partial charge in [0.05, 0.1) is 22.5 Å².